The molecule has 1 aliphatic heterocycles. The third-order valence-corrected chi connectivity index (χ3v) is 5.13. The molecule has 3 rings (SSSR count). The lowest BCUT2D eigenvalue weighted by molar-refractivity contribution is -0.131. The van der Waals surface area contributed by atoms with Gasteiger partial charge in [0.1, 0.15) is 0 Å². The number of anilines is 1. The molecule has 0 aliphatic carbocycles. The van der Waals surface area contributed by atoms with Crippen molar-refractivity contribution in [3.63, 3.8) is 0 Å². The largest absolute Gasteiger partial charge is 0.461 e. The first-order valence-corrected chi connectivity index (χ1v) is 9.93. The zero-order valence-corrected chi connectivity index (χ0v) is 17.1. The predicted molar refractivity (Wildman–Crippen MR) is 109 cm³/mol. The molecule has 150 valence electrons. The number of hydrogen-bond donors (Lipinski definition) is 0. The van der Waals surface area contributed by atoms with Gasteiger partial charge in [-0.2, -0.15) is 0 Å². The van der Waals surface area contributed by atoms with E-state index in [2.05, 4.69) is 4.98 Å². The molecule has 1 aromatic heterocycles. The number of nitrogens with zero attached hydrogens (tertiary/aromatic N) is 4. The minimum Gasteiger partial charge on any atom is -0.461 e. The number of benzene rings is 1. The molecule has 28 heavy (non-hydrogen) atoms. The topological polar surface area (TPSA) is 75.6 Å². The number of carbonyl (C=O) groups is 2. The molecular weight excluding hydrogens is 356 g/mol. The highest BCUT2D eigenvalue weighted by Crippen LogP contribution is 2.25. The first-order valence-electron chi connectivity index (χ1n) is 9.93. The van der Waals surface area contributed by atoms with Crippen LogP contribution in [-0.2, 0) is 9.53 Å². The molecule has 2 aromatic rings. The normalized spacial score (nSPS) is 14.4. The number of carbonyl (C=O) groups excluding carboxylic acids is 2. The van der Waals surface area contributed by atoms with Crippen LogP contribution in [0.2, 0.25) is 0 Å². The fourth-order valence-corrected chi connectivity index (χ4v) is 3.40. The van der Waals surface area contributed by atoms with Crippen molar-refractivity contribution in [2.75, 3.05) is 37.7 Å². The number of hydrogen-bond acceptors (Lipinski definition) is 6. The lowest BCUT2D eigenvalue weighted by Gasteiger charge is -2.36. The Kier molecular flexibility index (Phi) is 6.11. The Morgan fingerprint density at radius 1 is 1.00 bits per heavy atom. The number of piperazine rings is 1. The molecule has 2 heterocycles. The van der Waals surface area contributed by atoms with Crippen LogP contribution in [0, 0.1) is 13.8 Å². The van der Waals surface area contributed by atoms with E-state index < -0.39 is 5.97 Å². The lowest BCUT2D eigenvalue weighted by Crippen LogP contribution is -2.49. The fourth-order valence-electron chi connectivity index (χ4n) is 3.40. The fraction of sp³-hybridized carbons (Fsp3) is 0.524. The van der Waals surface area contributed by atoms with Gasteiger partial charge < -0.3 is 14.5 Å². The van der Waals surface area contributed by atoms with E-state index in [4.69, 9.17) is 9.72 Å². The zero-order valence-electron chi connectivity index (χ0n) is 17.1. The minimum absolute atomic E-state index is 0.184. The summed E-state index contributed by atoms with van der Waals surface area (Å²) in [7, 11) is 0. The van der Waals surface area contributed by atoms with Crippen molar-refractivity contribution in [1.82, 2.24) is 14.9 Å². The van der Waals surface area contributed by atoms with Crippen molar-refractivity contribution >= 4 is 28.7 Å². The van der Waals surface area contributed by atoms with E-state index in [1.807, 2.05) is 42.7 Å². The van der Waals surface area contributed by atoms with Crippen LogP contribution in [-0.4, -0.2) is 59.5 Å². The highest BCUT2D eigenvalue weighted by atomic mass is 16.5. The van der Waals surface area contributed by atoms with Crippen molar-refractivity contribution in [1.29, 1.82) is 0 Å². The van der Waals surface area contributed by atoms with Gasteiger partial charge in [0, 0.05) is 32.6 Å². The van der Waals surface area contributed by atoms with Crippen LogP contribution >= 0.6 is 0 Å². The Balaban J connectivity index is 1.94. The second-order valence-corrected chi connectivity index (χ2v) is 7.16. The summed E-state index contributed by atoms with van der Waals surface area (Å²) < 4.78 is 5.22. The second-order valence-electron chi connectivity index (χ2n) is 7.16. The number of esters is 1. The Morgan fingerprint density at radius 2 is 1.61 bits per heavy atom. The van der Waals surface area contributed by atoms with Gasteiger partial charge in [0.2, 0.25) is 5.91 Å². The second kappa shape index (κ2) is 8.54. The van der Waals surface area contributed by atoms with E-state index in [-0.39, 0.29) is 18.2 Å². The van der Waals surface area contributed by atoms with E-state index >= 15 is 0 Å². The van der Waals surface area contributed by atoms with E-state index in [1.54, 1.807) is 6.92 Å². The van der Waals surface area contributed by atoms with Crippen LogP contribution in [0.5, 0.6) is 0 Å². The molecule has 0 bridgehead atoms. The number of amides is 1. The van der Waals surface area contributed by atoms with Gasteiger partial charge in [0.05, 0.1) is 17.6 Å². The van der Waals surface area contributed by atoms with Gasteiger partial charge in [-0.3, -0.25) is 4.79 Å². The minimum atomic E-state index is -0.463. The summed E-state index contributed by atoms with van der Waals surface area (Å²) in [4.78, 5) is 38.0. The van der Waals surface area contributed by atoms with E-state index in [0.29, 0.717) is 43.9 Å². The average molecular weight is 384 g/mol. The maximum atomic E-state index is 12.5. The molecule has 1 aromatic carbocycles. The van der Waals surface area contributed by atoms with Crippen LogP contribution in [0.25, 0.3) is 11.0 Å². The highest BCUT2D eigenvalue weighted by Gasteiger charge is 2.27. The molecule has 1 aliphatic rings. The van der Waals surface area contributed by atoms with E-state index in [0.717, 1.165) is 23.1 Å². The van der Waals surface area contributed by atoms with Gasteiger partial charge in [0.15, 0.2) is 11.5 Å². The Labute approximate surface area is 165 Å². The van der Waals surface area contributed by atoms with Crippen LogP contribution in [0.3, 0.4) is 0 Å². The monoisotopic (exact) mass is 384 g/mol. The van der Waals surface area contributed by atoms with Gasteiger partial charge in [-0.25, -0.2) is 14.8 Å². The number of ether oxygens (including phenoxy) is 1. The number of aryl methyl sites for hydroxylation is 2. The molecular formula is C21H28N4O3. The molecule has 1 amide bonds. The van der Waals surface area contributed by atoms with Crippen molar-refractivity contribution in [2.45, 2.75) is 40.5 Å². The molecule has 7 nitrogen and oxygen atoms in total. The van der Waals surface area contributed by atoms with Crippen molar-refractivity contribution < 1.29 is 14.3 Å². The molecule has 0 saturated carbocycles. The van der Waals surface area contributed by atoms with E-state index in [1.165, 1.54) is 0 Å². The molecule has 1 fully saturated rings. The first kappa shape index (κ1) is 20.0. The van der Waals surface area contributed by atoms with Crippen LogP contribution in [0.4, 0.5) is 5.82 Å². The van der Waals surface area contributed by atoms with Gasteiger partial charge >= 0.3 is 5.97 Å². The number of fused-ring (bicyclic) bond motifs is 1. The van der Waals surface area contributed by atoms with E-state index in [9.17, 15) is 9.59 Å². The maximum Gasteiger partial charge on any atom is 0.360 e. The molecule has 1 saturated heterocycles. The summed E-state index contributed by atoms with van der Waals surface area (Å²) in [5, 5.41) is 0. The summed E-state index contributed by atoms with van der Waals surface area (Å²) >= 11 is 0. The predicted octanol–water partition coefficient (Wildman–Crippen LogP) is 2.87. The van der Waals surface area contributed by atoms with Crippen LogP contribution in [0.1, 0.15) is 48.3 Å². The van der Waals surface area contributed by atoms with Crippen molar-refractivity contribution in [3.8, 4) is 0 Å². The molecule has 0 unspecified atom stereocenters. The van der Waals surface area contributed by atoms with Crippen LogP contribution in [0.15, 0.2) is 12.1 Å². The first-order chi connectivity index (χ1) is 13.4. The molecule has 0 N–H and O–H groups in total. The van der Waals surface area contributed by atoms with Gasteiger partial charge in [-0.15, -0.1) is 0 Å². The average Bonchev–Trinajstić information content (AvgIpc) is 2.68. The molecule has 7 heteroatoms. The van der Waals surface area contributed by atoms with Crippen molar-refractivity contribution in [3.05, 3.63) is 29.0 Å². The molecule has 0 spiro atoms. The smallest absolute Gasteiger partial charge is 0.360 e. The van der Waals surface area contributed by atoms with Gasteiger partial charge in [-0.05, 0) is 50.5 Å². The summed E-state index contributed by atoms with van der Waals surface area (Å²) in [6.45, 7) is 10.6. The van der Waals surface area contributed by atoms with Gasteiger partial charge in [0.25, 0.3) is 0 Å². The zero-order chi connectivity index (χ0) is 20.3. The number of rotatable bonds is 5. The van der Waals surface area contributed by atoms with Crippen molar-refractivity contribution in [2.24, 2.45) is 0 Å². The summed E-state index contributed by atoms with van der Waals surface area (Å²) in [5.74, 6) is 0.259. The third-order valence-electron chi connectivity index (χ3n) is 5.13. The summed E-state index contributed by atoms with van der Waals surface area (Å²) in [6.07, 6.45) is 1.42. The standard InChI is InChI=1S/C21H28N4O3/c1-5-7-18(26)24-8-10-25(11-9-24)20-19(21(27)28-6-2)22-16-12-14(3)15(4)13-17(16)23-20/h12-13H,5-11H2,1-4H3. The quantitative estimate of drug-likeness (QED) is 0.738. The van der Waals surface area contributed by atoms with Gasteiger partial charge in [-0.1, -0.05) is 6.92 Å². The molecule has 0 radical (unpaired) electrons. The SMILES string of the molecule is CCCC(=O)N1CCN(c2nc3cc(C)c(C)cc3nc2C(=O)OCC)CC1. The Morgan fingerprint density at radius 3 is 2.18 bits per heavy atom. The third kappa shape index (κ3) is 4.08. The lowest BCUT2D eigenvalue weighted by atomic mass is 10.1. The summed E-state index contributed by atoms with van der Waals surface area (Å²) in [5.41, 5.74) is 3.92. The van der Waals surface area contributed by atoms with Crippen LogP contribution < -0.4 is 4.90 Å². The maximum absolute atomic E-state index is 12.5. The highest BCUT2D eigenvalue weighted by molar-refractivity contribution is 5.95. The molecule has 0 atom stereocenters. The summed E-state index contributed by atoms with van der Waals surface area (Å²) in [6, 6.07) is 3.95. The number of aromatic nitrogens is 2. The Bertz CT molecular complexity index is 889. The Hall–Kier alpha value is -2.70.